The standard InChI is InChI=1S/C10H9BrFN3S/c11-7-3-1-2-6(9(7)12)10(15-13)8-4-14-5-16-8/h1-5,10,15H,13H2. The Morgan fingerprint density at radius 1 is 1.50 bits per heavy atom. The molecule has 0 saturated heterocycles. The number of halogens is 2. The number of thiazole rings is 1. The minimum Gasteiger partial charge on any atom is -0.271 e. The van der Waals surface area contributed by atoms with Crippen molar-refractivity contribution >= 4 is 27.3 Å². The van der Waals surface area contributed by atoms with Gasteiger partial charge in [0.15, 0.2) is 0 Å². The lowest BCUT2D eigenvalue weighted by atomic mass is 10.1. The lowest BCUT2D eigenvalue weighted by Crippen LogP contribution is -2.29. The molecular formula is C10H9BrFN3S. The molecule has 2 rings (SSSR count). The van der Waals surface area contributed by atoms with Crippen molar-refractivity contribution in [3.8, 4) is 0 Å². The molecule has 0 aliphatic carbocycles. The number of benzene rings is 1. The van der Waals surface area contributed by atoms with Gasteiger partial charge in [0.2, 0.25) is 0 Å². The first-order chi connectivity index (χ1) is 7.74. The number of rotatable bonds is 3. The molecule has 1 heterocycles. The van der Waals surface area contributed by atoms with Crippen LogP contribution < -0.4 is 11.3 Å². The molecule has 16 heavy (non-hydrogen) atoms. The molecule has 0 aliphatic heterocycles. The van der Waals surface area contributed by atoms with Gasteiger partial charge in [-0.05, 0) is 22.0 Å². The molecule has 6 heteroatoms. The van der Waals surface area contributed by atoms with Gasteiger partial charge in [-0.15, -0.1) is 11.3 Å². The van der Waals surface area contributed by atoms with Crippen molar-refractivity contribution in [2.45, 2.75) is 6.04 Å². The van der Waals surface area contributed by atoms with Gasteiger partial charge in [-0.25, -0.2) is 9.82 Å². The normalized spacial score (nSPS) is 12.7. The van der Waals surface area contributed by atoms with Crippen molar-refractivity contribution < 1.29 is 4.39 Å². The van der Waals surface area contributed by atoms with E-state index >= 15 is 0 Å². The van der Waals surface area contributed by atoms with E-state index in [0.29, 0.717) is 10.0 Å². The molecule has 0 spiro atoms. The second kappa shape index (κ2) is 5.01. The largest absolute Gasteiger partial charge is 0.271 e. The van der Waals surface area contributed by atoms with E-state index in [-0.39, 0.29) is 11.9 Å². The fourth-order valence-corrected chi connectivity index (χ4v) is 2.51. The Labute approximate surface area is 105 Å². The molecule has 1 atom stereocenters. The number of hydrogen-bond donors (Lipinski definition) is 2. The molecular weight excluding hydrogens is 293 g/mol. The summed E-state index contributed by atoms with van der Waals surface area (Å²) >= 11 is 4.58. The van der Waals surface area contributed by atoms with Crippen LogP contribution in [0.2, 0.25) is 0 Å². The Morgan fingerprint density at radius 2 is 2.31 bits per heavy atom. The van der Waals surface area contributed by atoms with Gasteiger partial charge in [0.1, 0.15) is 5.82 Å². The van der Waals surface area contributed by atoms with Crippen LogP contribution in [-0.2, 0) is 0 Å². The van der Waals surface area contributed by atoms with E-state index in [2.05, 4.69) is 26.3 Å². The Balaban J connectivity index is 2.45. The monoisotopic (exact) mass is 301 g/mol. The van der Waals surface area contributed by atoms with Crippen LogP contribution in [0, 0.1) is 5.82 Å². The van der Waals surface area contributed by atoms with Gasteiger partial charge >= 0.3 is 0 Å². The minimum absolute atomic E-state index is 0.307. The van der Waals surface area contributed by atoms with Crippen LogP contribution in [0.25, 0.3) is 0 Å². The molecule has 1 aromatic heterocycles. The first-order valence-electron chi connectivity index (χ1n) is 4.52. The summed E-state index contributed by atoms with van der Waals surface area (Å²) in [6, 6.07) is 4.75. The topological polar surface area (TPSA) is 50.9 Å². The van der Waals surface area contributed by atoms with Crippen LogP contribution in [-0.4, -0.2) is 4.98 Å². The zero-order valence-electron chi connectivity index (χ0n) is 8.15. The predicted molar refractivity (Wildman–Crippen MR) is 65.4 cm³/mol. The molecule has 0 saturated carbocycles. The molecule has 3 nitrogen and oxygen atoms in total. The number of hydrazine groups is 1. The second-order valence-corrected chi connectivity index (χ2v) is 4.92. The Hall–Kier alpha value is -0.820. The Morgan fingerprint density at radius 3 is 2.94 bits per heavy atom. The molecule has 2 aromatic rings. The van der Waals surface area contributed by atoms with Crippen molar-refractivity contribution in [2.24, 2.45) is 5.84 Å². The summed E-state index contributed by atoms with van der Waals surface area (Å²) in [6.07, 6.45) is 1.68. The first kappa shape index (κ1) is 11.7. The third-order valence-corrected chi connectivity index (χ3v) is 3.65. The zero-order valence-corrected chi connectivity index (χ0v) is 10.6. The van der Waals surface area contributed by atoms with Crippen molar-refractivity contribution in [3.05, 3.63) is 50.6 Å². The minimum atomic E-state index is -0.370. The van der Waals surface area contributed by atoms with Crippen LogP contribution in [0.5, 0.6) is 0 Å². The predicted octanol–water partition coefficient (Wildman–Crippen LogP) is 2.60. The van der Waals surface area contributed by atoms with Gasteiger partial charge in [-0.1, -0.05) is 12.1 Å². The number of aromatic nitrogens is 1. The highest BCUT2D eigenvalue weighted by Crippen LogP contribution is 2.29. The third-order valence-electron chi connectivity index (χ3n) is 2.20. The summed E-state index contributed by atoms with van der Waals surface area (Å²) in [5, 5.41) is 0. The summed E-state index contributed by atoms with van der Waals surface area (Å²) in [5.41, 5.74) is 4.79. The van der Waals surface area contributed by atoms with Crippen LogP contribution in [0.15, 0.2) is 34.4 Å². The summed E-state index contributed by atoms with van der Waals surface area (Å²) in [4.78, 5) is 4.83. The lowest BCUT2D eigenvalue weighted by molar-refractivity contribution is 0.559. The molecule has 0 fully saturated rings. The summed E-state index contributed by atoms with van der Waals surface area (Å²) < 4.78 is 14.3. The molecule has 84 valence electrons. The third kappa shape index (κ3) is 2.15. The van der Waals surface area contributed by atoms with Gasteiger partial charge in [0, 0.05) is 16.6 Å². The van der Waals surface area contributed by atoms with Crippen molar-refractivity contribution in [2.75, 3.05) is 0 Å². The Bertz CT molecular complexity index is 475. The van der Waals surface area contributed by atoms with Gasteiger partial charge in [-0.2, -0.15) is 0 Å². The lowest BCUT2D eigenvalue weighted by Gasteiger charge is -2.15. The van der Waals surface area contributed by atoms with E-state index in [0.717, 1.165) is 4.88 Å². The van der Waals surface area contributed by atoms with E-state index in [1.54, 1.807) is 29.9 Å². The maximum Gasteiger partial charge on any atom is 0.142 e. The fourth-order valence-electron chi connectivity index (χ4n) is 1.44. The van der Waals surface area contributed by atoms with Gasteiger partial charge in [0.05, 0.1) is 16.0 Å². The summed E-state index contributed by atoms with van der Waals surface area (Å²) in [7, 11) is 0. The summed E-state index contributed by atoms with van der Waals surface area (Å²) in [6.45, 7) is 0. The van der Waals surface area contributed by atoms with Gasteiger partial charge in [0.25, 0.3) is 0 Å². The quantitative estimate of drug-likeness (QED) is 0.677. The van der Waals surface area contributed by atoms with Crippen LogP contribution in [0.3, 0.4) is 0 Å². The second-order valence-electron chi connectivity index (χ2n) is 3.15. The smallest absolute Gasteiger partial charge is 0.142 e. The van der Waals surface area contributed by atoms with E-state index in [1.807, 2.05) is 0 Å². The molecule has 0 radical (unpaired) electrons. The number of nitrogens with one attached hydrogen (secondary N) is 1. The highest BCUT2D eigenvalue weighted by molar-refractivity contribution is 9.10. The molecule has 0 aliphatic rings. The maximum absolute atomic E-state index is 13.9. The maximum atomic E-state index is 13.9. The van der Waals surface area contributed by atoms with E-state index in [4.69, 9.17) is 5.84 Å². The SMILES string of the molecule is NNC(c1cncs1)c1cccc(Br)c1F. The fraction of sp³-hybridized carbons (Fsp3) is 0.100. The molecule has 3 N–H and O–H groups in total. The molecule has 0 bridgehead atoms. The van der Waals surface area contributed by atoms with Gasteiger partial charge < -0.3 is 0 Å². The molecule has 0 amide bonds. The zero-order chi connectivity index (χ0) is 11.5. The van der Waals surface area contributed by atoms with Crippen molar-refractivity contribution in [1.29, 1.82) is 0 Å². The highest BCUT2D eigenvalue weighted by atomic mass is 79.9. The van der Waals surface area contributed by atoms with E-state index in [9.17, 15) is 4.39 Å². The average Bonchev–Trinajstić information content (AvgIpc) is 2.79. The number of nitrogens with two attached hydrogens (primary N) is 1. The number of hydrogen-bond acceptors (Lipinski definition) is 4. The van der Waals surface area contributed by atoms with Gasteiger partial charge in [-0.3, -0.25) is 10.8 Å². The van der Waals surface area contributed by atoms with Crippen LogP contribution in [0.4, 0.5) is 4.39 Å². The molecule has 1 unspecified atom stereocenters. The molecule has 1 aromatic carbocycles. The van der Waals surface area contributed by atoms with Crippen LogP contribution >= 0.6 is 27.3 Å². The Kier molecular flexibility index (Phi) is 3.65. The first-order valence-corrected chi connectivity index (χ1v) is 6.19. The average molecular weight is 302 g/mol. The van der Waals surface area contributed by atoms with Crippen molar-refractivity contribution in [1.82, 2.24) is 10.4 Å². The highest BCUT2D eigenvalue weighted by Gasteiger charge is 2.19. The summed E-state index contributed by atoms with van der Waals surface area (Å²) in [5.74, 6) is 5.16. The van der Waals surface area contributed by atoms with Crippen LogP contribution in [0.1, 0.15) is 16.5 Å². The van der Waals surface area contributed by atoms with E-state index in [1.165, 1.54) is 11.3 Å². The van der Waals surface area contributed by atoms with Crippen molar-refractivity contribution in [3.63, 3.8) is 0 Å². The van der Waals surface area contributed by atoms with E-state index < -0.39 is 0 Å². The number of nitrogens with zero attached hydrogens (tertiary/aromatic N) is 1.